The Kier molecular flexibility index (Phi) is 4.57. The quantitative estimate of drug-likeness (QED) is 0.664. The van der Waals surface area contributed by atoms with Gasteiger partial charge < -0.3 is 4.90 Å². The van der Waals surface area contributed by atoms with Crippen LogP contribution in [0, 0.1) is 11.3 Å². The molecule has 0 aliphatic rings. The van der Waals surface area contributed by atoms with Crippen molar-refractivity contribution in [2.45, 2.75) is 19.8 Å². The molecule has 0 bridgehead atoms. The van der Waals surface area contributed by atoms with E-state index >= 15 is 0 Å². The van der Waals surface area contributed by atoms with Crippen LogP contribution in [-0.4, -0.2) is 13.1 Å². The van der Waals surface area contributed by atoms with Crippen molar-refractivity contribution in [3.63, 3.8) is 0 Å². The van der Waals surface area contributed by atoms with Crippen molar-refractivity contribution in [3.8, 4) is 6.07 Å². The highest BCUT2D eigenvalue weighted by Gasteiger charge is 2.01. The average Bonchev–Trinajstić information content (AvgIpc) is 2.26. The SMILES string of the molecule is CCN(CCCC#N)c1ccccc1. The smallest absolute Gasteiger partial charge is 0.0622 e. The molecule has 1 aromatic carbocycles. The fourth-order valence-electron chi connectivity index (χ4n) is 1.46. The number of para-hydroxylation sites is 1. The summed E-state index contributed by atoms with van der Waals surface area (Å²) >= 11 is 0. The van der Waals surface area contributed by atoms with E-state index in [1.807, 2.05) is 18.2 Å². The number of rotatable bonds is 5. The molecule has 0 spiro atoms. The normalized spacial score (nSPS) is 9.43. The second kappa shape index (κ2) is 6.04. The van der Waals surface area contributed by atoms with Gasteiger partial charge in [-0.2, -0.15) is 5.26 Å². The predicted octanol–water partition coefficient (Wildman–Crippen LogP) is 2.82. The van der Waals surface area contributed by atoms with Gasteiger partial charge in [-0.3, -0.25) is 0 Å². The molecule has 2 nitrogen and oxygen atoms in total. The Labute approximate surface area is 85.8 Å². The fraction of sp³-hybridized carbons (Fsp3) is 0.417. The molecule has 0 radical (unpaired) electrons. The molecule has 0 saturated heterocycles. The molecule has 2 heteroatoms. The summed E-state index contributed by atoms with van der Waals surface area (Å²) < 4.78 is 0. The Morgan fingerprint density at radius 1 is 1.29 bits per heavy atom. The van der Waals surface area contributed by atoms with Gasteiger partial charge in [0.2, 0.25) is 0 Å². The Balaban J connectivity index is 2.51. The van der Waals surface area contributed by atoms with E-state index in [-0.39, 0.29) is 0 Å². The lowest BCUT2D eigenvalue weighted by atomic mass is 10.2. The molecule has 0 unspecified atom stereocenters. The lowest BCUT2D eigenvalue weighted by Gasteiger charge is -2.22. The number of anilines is 1. The molecule has 14 heavy (non-hydrogen) atoms. The van der Waals surface area contributed by atoms with Gasteiger partial charge >= 0.3 is 0 Å². The van der Waals surface area contributed by atoms with Crippen molar-refractivity contribution in [2.75, 3.05) is 18.0 Å². The van der Waals surface area contributed by atoms with Crippen molar-refractivity contribution in [1.29, 1.82) is 5.26 Å². The fourth-order valence-corrected chi connectivity index (χ4v) is 1.46. The first-order valence-corrected chi connectivity index (χ1v) is 5.05. The molecule has 1 aromatic rings. The van der Waals surface area contributed by atoms with Gasteiger partial charge in [-0.05, 0) is 25.5 Å². The topological polar surface area (TPSA) is 27.0 Å². The molecule has 0 aromatic heterocycles. The van der Waals surface area contributed by atoms with E-state index < -0.39 is 0 Å². The molecular formula is C12H16N2. The summed E-state index contributed by atoms with van der Waals surface area (Å²) in [4.78, 5) is 2.29. The van der Waals surface area contributed by atoms with Gasteiger partial charge in [-0.15, -0.1) is 0 Å². The van der Waals surface area contributed by atoms with Gasteiger partial charge in [0.1, 0.15) is 0 Å². The van der Waals surface area contributed by atoms with E-state index in [2.05, 4.69) is 30.0 Å². The molecule has 0 atom stereocenters. The molecule has 0 heterocycles. The minimum Gasteiger partial charge on any atom is -0.372 e. The van der Waals surface area contributed by atoms with Crippen molar-refractivity contribution in [2.24, 2.45) is 0 Å². The predicted molar refractivity (Wildman–Crippen MR) is 59.2 cm³/mol. The Morgan fingerprint density at radius 2 is 2.00 bits per heavy atom. The summed E-state index contributed by atoms with van der Waals surface area (Å²) in [5, 5.41) is 8.45. The zero-order valence-corrected chi connectivity index (χ0v) is 8.61. The monoisotopic (exact) mass is 188 g/mol. The van der Waals surface area contributed by atoms with E-state index in [9.17, 15) is 0 Å². The van der Waals surface area contributed by atoms with Crippen LogP contribution >= 0.6 is 0 Å². The highest BCUT2D eigenvalue weighted by atomic mass is 15.1. The van der Waals surface area contributed by atoms with Crippen LogP contribution < -0.4 is 4.90 Å². The molecule has 0 N–H and O–H groups in total. The maximum atomic E-state index is 8.45. The maximum Gasteiger partial charge on any atom is 0.0622 e. The molecule has 0 fully saturated rings. The van der Waals surface area contributed by atoms with Gasteiger partial charge in [-0.25, -0.2) is 0 Å². The first kappa shape index (κ1) is 10.6. The van der Waals surface area contributed by atoms with E-state index in [1.165, 1.54) is 5.69 Å². The largest absolute Gasteiger partial charge is 0.372 e. The van der Waals surface area contributed by atoms with Crippen molar-refractivity contribution in [3.05, 3.63) is 30.3 Å². The molecule has 0 aliphatic heterocycles. The first-order valence-electron chi connectivity index (χ1n) is 5.05. The van der Waals surface area contributed by atoms with Gasteiger partial charge in [0.15, 0.2) is 0 Å². The van der Waals surface area contributed by atoms with E-state index in [1.54, 1.807) is 0 Å². The van der Waals surface area contributed by atoms with Crippen LogP contribution in [0.15, 0.2) is 30.3 Å². The van der Waals surface area contributed by atoms with Gasteiger partial charge in [0.25, 0.3) is 0 Å². The number of nitriles is 1. The number of hydrogen-bond donors (Lipinski definition) is 0. The Bertz CT molecular complexity index is 287. The molecule has 74 valence electrons. The second-order valence-electron chi connectivity index (χ2n) is 3.18. The van der Waals surface area contributed by atoms with Crippen molar-refractivity contribution < 1.29 is 0 Å². The molecular weight excluding hydrogens is 172 g/mol. The summed E-state index contributed by atoms with van der Waals surface area (Å²) in [6.07, 6.45) is 1.59. The zero-order valence-electron chi connectivity index (χ0n) is 8.61. The van der Waals surface area contributed by atoms with Gasteiger partial charge in [0, 0.05) is 25.2 Å². The van der Waals surface area contributed by atoms with E-state index in [0.717, 1.165) is 19.5 Å². The van der Waals surface area contributed by atoms with E-state index in [0.29, 0.717) is 6.42 Å². The third-order valence-electron chi connectivity index (χ3n) is 2.22. The number of hydrogen-bond acceptors (Lipinski definition) is 2. The minimum absolute atomic E-state index is 0.642. The highest BCUT2D eigenvalue weighted by Crippen LogP contribution is 2.13. The summed E-state index contributed by atoms with van der Waals surface area (Å²) in [5.74, 6) is 0. The van der Waals surface area contributed by atoms with E-state index in [4.69, 9.17) is 5.26 Å². The standard InChI is InChI=1S/C12H16N2/c1-2-14(11-7-6-10-13)12-8-4-3-5-9-12/h3-5,8-9H,2,6-7,11H2,1H3. The maximum absolute atomic E-state index is 8.45. The van der Waals surface area contributed by atoms with Crippen LogP contribution in [0.2, 0.25) is 0 Å². The third-order valence-corrected chi connectivity index (χ3v) is 2.22. The van der Waals surface area contributed by atoms with Crippen molar-refractivity contribution in [1.82, 2.24) is 0 Å². The Hall–Kier alpha value is -1.49. The summed E-state index contributed by atoms with van der Waals surface area (Å²) in [5.41, 5.74) is 1.24. The Morgan fingerprint density at radius 3 is 2.57 bits per heavy atom. The van der Waals surface area contributed by atoms with Crippen LogP contribution in [0.25, 0.3) is 0 Å². The average molecular weight is 188 g/mol. The number of nitrogens with zero attached hydrogens (tertiary/aromatic N) is 2. The van der Waals surface area contributed by atoms with Crippen LogP contribution in [0.4, 0.5) is 5.69 Å². The summed E-state index contributed by atoms with van der Waals surface area (Å²) in [7, 11) is 0. The molecule has 0 amide bonds. The third kappa shape index (κ3) is 3.10. The van der Waals surface area contributed by atoms with Crippen LogP contribution in [0.5, 0.6) is 0 Å². The lowest BCUT2D eigenvalue weighted by Crippen LogP contribution is -2.23. The molecule has 1 rings (SSSR count). The zero-order chi connectivity index (χ0) is 10.2. The molecule has 0 saturated carbocycles. The first-order chi connectivity index (χ1) is 6.88. The van der Waals surface area contributed by atoms with Crippen LogP contribution in [0.3, 0.4) is 0 Å². The van der Waals surface area contributed by atoms with Gasteiger partial charge in [0.05, 0.1) is 6.07 Å². The van der Waals surface area contributed by atoms with Gasteiger partial charge in [-0.1, -0.05) is 18.2 Å². The summed E-state index contributed by atoms with van der Waals surface area (Å²) in [6, 6.07) is 12.5. The highest BCUT2D eigenvalue weighted by molar-refractivity contribution is 5.45. The molecule has 0 aliphatic carbocycles. The van der Waals surface area contributed by atoms with Crippen LogP contribution in [-0.2, 0) is 0 Å². The number of benzene rings is 1. The lowest BCUT2D eigenvalue weighted by molar-refractivity contribution is 0.761. The van der Waals surface area contributed by atoms with Crippen LogP contribution in [0.1, 0.15) is 19.8 Å². The van der Waals surface area contributed by atoms with Crippen molar-refractivity contribution >= 4 is 5.69 Å². The summed E-state index contributed by atoms with van der Waals surface area (Å²) in [6.45, 7) is 4.10. The second-order valence-corrected chi connectivity index (χ2v) is 3.18. The minimum atomic E-state index is 0.642. The number of unbranched alkanes of at least 4 members (excludes halogenated alkanes) is 1.